The van der Waals surface area contributed by atoms with Crippen molar-refractivity contribution >= 4 is 11.6 Å². The molecule has 0 aliphatic carbocycles. The van der Waals surface area contributed by atoms with Gasteiger partial charge in [-0.05, 0) is 45.0 Å². The molecule has 0 aliphatic rings. The quantitative estimate of drug-likeness (QED) is 0.786. The molecule has 1 aromatic rings. The van der Waals surface area contributed by atoms with E-state index in [9.17, 15) is 0 Å². The molecule has 0 aromatic heterocycles. The second kappa shape index (κ2) is 4.12. The Kier molecular flexibility index (Phi) is 3.34. The molecule has 0 spiro atoms. The predicted molar refractivity (Wildman–Crippen MR) is 58.3 cm³/mol. The Labute approximate surface area is 85.1 Å². The van der Waals surface area contributed by atoms with E-state index in [1.54, 1.807) is 0 Å². The summed E-state index contributed by atoms with van der Waals surface area (Å²) in [6, 6.07) is 8.01. The van der Waals surface area contributed by atoms with Gasteiger partial charge < -0.3 is 5.32 Å². The summed E-state index contributed by atoms with van der Waals surface area (Å²) >= 11 is 5.90. The lowest BCUT2D eigenvalue weighted by Crippen LogP contribution is -2.38. The summed E-state index contributed by atoms with van der Waals surface area (Å²) < 4.78 is 0. The van der Waals surface area contributed by atoms with Crippen LogP contribution in [0.4, 0.5) is 0 Å². The molecule has 1 aromatic carbocycles. The van der Waals surface area contributed by atoms with Gasteiger partial charge in [0, 0.05) is 10.6 Å². The third-order valence-corrected chi connectivity index (χ3v) is 2.45. The van der Waals surface area contributed by atoms with Gasteiger partial charge in [-0.1, -0.05) is 23.7 Å². The summed E-state index contributed by atoms with van der Waals surface area (Å²) in [5.41, 5.74) is 1.40. The fourth-order valence-corrected chi connectivity index (χ4v) is 1.46. The number of likely N-dealkylation sites (N-methyl/N-ethyl adjacent to an activating group) is 1. The van der Waals surface area contributed by atoms with Crippen LogP contribution in [0.1, 0.15) is 19.4 Å². The van der Waals surface area contributed by atoms with Crippen molar-refractivity contribution in [3.05, 3.63) is 34.9 Å². The standard InChI is InChI=1S/C11H16ClN/c1-11(2,13-3)8-9-5-4-6-10(12)7-9/h4-7,13H,8H2,1-3H3. The first-order chi connectivity index (χ1) is 6.03. The molecular formula is C11H16ClN. The number of halogens is 1. The molecular weight excluding hydrogens is 182 g/mol. The first kappa shape index (κ1) is 10.6. The predicted octanol–water partition coefficient (Wildman–Crippen LogP) is 2.88. The van der Waals surface area contributed by atoms with E-state index < -0.39 is 0 Å². The highest BCUT2D eigenvalue weighted by atomic mass is 35.5. The van der Waals surface area contributed by atoms with Crippen LogP contribution in [-0.2, 0) is 6.42 Å². The molecule has 0 bridgehead atoms. The molecule has 0 radical (unpaired) electrons. The molecule has 1 N–H and O–H groups in total. The van der Waals surface area contributed by atoms with Crippen LogP contribution in [0.5, 0.6) is 0 Å². The van der Waals surface area contributed by atoms with E-state index in [1.165, 1.54) is 5.56 Å². The average Bonchev–Trinajstić information content (AvgIpc) is 2.03. The van der Waals surface area contributed by atoms with Crippen LogP contribution >= 0.6 is 11.6 Å². The zero-order chi connectivity index (χ0) is 9.90. The number of hydrogen-bond donors (Lipinski definition) is 1. The van der Waals surface area contributed by atoms with Gasteiger partial charge in [0.25, 0.3) is 0 Å². The van der Waals surface area contributed by atoms with Gasteiger partial charge >= 0.3 is 0 Å². The maximum atomic E-state index is 5.90. The summed E-state index contributed by atoms with van der Waals surface area (Å²) in [4.78, 5) is 0. The summed E-state index contributed by atoms with van der Waals surface area (Å²) in [5, 5.41) is 4.08. The monoisotopic (exact) mass is 197 g/mol. The normalized spacial score (nSPS) is 11.7. The highest BCUT2D eigenvalue weighted by Gasteiger charge is 2.14. The topological polar surface area (TPSA) is 12.0 Å². The lowest BCUT2D eigenvalue weighted by atomic mass is 9.95. The SMILES string of the molecule is CNC(C)(C)Cc1cccc(Cl)c1. The van der Waals surface area contributed by atoms with E-state index in [0.29, 0.717) is 0 Å². The minimum atomic E-state index is 0.130. The third kappa shape index (κ3) is 3.37. The van der Waals surface area contributed by atoms with Crippen molar-refractivity contribution in [3.63, 3.8) is 0 Å². The molecule has 0 fully saturated rings. The van der Waals surface area contributed by atoms with Gasteiger partial charge in [-0.25, -0.2) is 0 Å². The van der Waals surface area contributed by atoms with Gasteiger partial charge in [0.2, 0.25) is 0 Å². The van der Waals surface area contributed by atoms with Crippen LogP contribution in [-0.4, -0.2) is 12.6 Å². The summed E-state index contributed by atoms with van der Waals surface area (Å²) in [5.74, 6) is 0. The average molecular weight is 198 g/mol. The number of rotatable bonds is 3. The Morgan fingerprint density at radius 1 is 1.38 bits per heavy atom. The van der Waals surface area contributed by atoms with E-state index in [4.69, 9.17) is 11.6 Å². The fraction of sp³-hybridized carbons (Fsp3) is 0.455. The molecule has 72 valence electrons. The van der Waals surface area contributed by atoms with Gasteiger partial charge in [0.15, 0.2) is 0 Å². The van der Waals surface area contributed by atoms with E-state index in [0.717, 1.165) is 11.4 Å². The smallest absolute Gasteiger partial charge is 0.0408 e. The molecule has 0 saturated heterocycles. The molecule has 0 unspecified atom stereocenters. The Bertz CT molecular complexity index is 281. The van der Waals surface area contributed by atoms with Gasteiger partial charge in [-0.2, -0.15) is 0 Å². The molecule has 0 amide bonds. The summed E-state index contributed by atoms with van der Waals surface area (Å²) in [6.07, 6.45) is 0.990. The van der Waals surface area contributed by atoms with Gasteiger partial charge in [0.05, 0.1) is 0 Å². The second-order valence-electron chi connectivity index (χ2n) is 3.94. The Balaban J connectivity index is 2.74. The molecule has 2 heteroatoms. The highest BCUT2D eigenvalue weighted by Crippen LogP contribution is 2.16. The maximum Gasteiger partial charge on any atom is 0.0408 e. The highest BCUT2D eigenvalue weighted by molar-refractivity contribution is 6.30. The molecule has 0 aliphatic heterocycles. The summed E-state index contributed by atoms with van der Waals surface area (Å²) in [6.45, 7) is 4.35. The minimum Gasteiger partial charge on any atom is -0.314 e. The van der Waals surface area contributed by atoms with Crippen LogP contribution < -0.4 is 5.32 Å². The molecule has 0 atom stereocenters. The zero-order valence-corrected chi connectivity index (χ0v) is 9.15. The molecule has 0 saturated carbocycles. The summed E-state index contributed by atoms with van der Waals surface area (Å²) in [7, 11) is 1.98. The van der Waals surface area contributed by atoms with E-state index >= 15 is 0 Å². The van der Waals surface area contributed by atoms with Crippen molar-refractivity contribution in [3.8, 4) is 0 Å². The number of nitrogens with one attached hydrogen (secondary N) is 1. The van der Waals surface area contributed by atoms with Crippen LogP contribution in [0.25, 0.3) is 0 Å². The van der Waals surface area contributed by atoms with Crippen molar-refractivity contribution in [2.75, 3.05) is 7.05 Å². The first-order valence-electron chi connectivity index (χ1n) is 4.47. The molecule has 1 rings (SSSR count). The van der Waals surface area contributed by atoms with Crippen molar-refractivity contribution in [2.24, 2.45) is 0 Å². The maximum absolute atomic E-state index is 5.90. The van der Waals surface area contributed by atoms with E-state index in [2.05, 4.69) is 25.2 Å². The van der Waals surface area contributed by atoms with E-state index in [1.807, 2.05) is 25.2 Å². The number of hydrogen-bond acceptors (Lipinski definition) is 1. The zero-order valence-electron chi connectivity index (χ0n) is 8.39. The Morgan fingerprint density at radius 2 is 2.08 bits per heavy atom. The minimum absolute atomic E-state index is 0.130. The Hall–Kier alpha value is -0.530. The van der Waals surface area contributed by atoms with Crippen molar-refractivity contribution in [1.29, 1.82) is 0 Å². The largest absolute Gasteiger partial charge is 0.314 e. The molecule has 1 nitrogen and oxygen atoms in total. The van der Waals surface area contributed by atoms with Gasteiger partial charge in [-0.3, -0.25) is 0 Å². The lowest BCUT2D eigenvalue weighted by molar-refractivity contribution is 0.422. The number of benzene rings is 1. The third-order valence-electron chi connectivity index (χ3n) is 2.21. The van der Waals surface area contributed by atoms with Gasteiger partial charge in [0.1, 0.15) is 0 Å². The van der Waals surface area contributed by atoms with Crippen molar-refractivity contribution in [1.82, 2.24) is 5.32 Å². The van der Waals surface area contributed by atoms with Crippen LogP contribution in [0.15, 0.2) is 24.3 Å². The van der Waals surface area contributed by atoms with Crippen LogP contribution in [0.3, 0.4) is 0 Å². The Morgan fingerprint density at radius 3 is 2.62 bits per heavy atom. The first-order valence-corrected chi connectivity index (χ1v) is 4.85. The molecule has 0 heterocycles. The van der Waals surface area contributed by atoms with Crippen molar-refractivity contribution < 1.29 is 0 Å². The van der Waals surface area contributed by atoms with Crippen LogP contribution in [0.2, 0.25) is 5.02 Å². The second-order valence-corrected chi connectivity index (χ2v) is 4.38. The molecule has 13 heavy (non-hydrogen) atoms. The van der Waals surface area contributed by atoms with Crippen LogP contribution in [0, 0.1) is 0 Å². The van der Waals surface area contributed by atoms with Crippen molar-refractivity contribution in [2.45, 2.75) is 25.8 Å². The lowest BCUT2D eigenvalue weighted by Gasteiger charge is -2.23. The van der Waals surface area contributed by atoms with Gasteiger partial charge in [-0.15, -0.1) is 0 Å². The van der Waals surface area contributed by atoms with E-state index in [-0.39, 0.29) is 5.54 Å². The fourth-order valence-electron chi connectivity index (χ4n) is 1.25.